The van der Waals surface area contributed by atoms with Gasteiger partial charge in [-0.1, -0.05) is 18.2 Å². The second-order valence-electron chi connectivity index (χ2n) is 9.96. The molecular formula is C27H31N7O4. The lowest BCUT2D eigenvalue weighted by molar-refractivity contribution is 0.0290. The predicted molar refractivity (Wildman–Crippen MR) is 141 cm³/mol. The van der Waals surface area contributed by atoms with Crippen LogP contribution in [0.15, 0.2) is 54.9 Å². The number of carbonyl (C=O) groups is 3. The van der Waals surface area contributed by atoms with Gasteiger partial charge in [0.1, 0.15) is 5.60 Å². The highest BCUT2D eigenvalue weighted by Gasteiger charge is 2.31. The van der Waals surface area contributed by atoms with E-state index in [0.717, 1.165) is 5.69 Å². The summed E-state index contributed by atoms with van der Waals surface area (Å²) in [6.07, 6.45) is 3.28. The third kappa shape index (κ3) is 6.81. The first-order chi connectivity index (χ1) is 18.1. The number of hydrogen-bond acceptors (Lipinski definition) is 8. The molecule has 11 nitrogen and oxygen atoms in total. The van der Waals surface area contributed by atoms with Crippen LogP contribution in [0.4, 0.5) is 10.6 Å². The second kappa shape index (κ2) is 11.2. The Morgan fingerprint density at radius 2 is 1.92 bits per heavy atom. The Morgan fingerprint density at radius 1 is 1.11 bits per heavy atom. The Balaban J connectivity index is 1.42. The summed E-state index contributed by atoms with van der Waals surface area (Å²) in [7, 11) is 0. The topological polar surface area (TPSA) is 152 Å². The van der Waals surface area contributed by atoms with Gasteiger partial charge >= 0.3 is 6.09 Å². The average molecular weight is 518 g/mol. The van der Waals surface area contributed by atoms with Gasteiger partial charge in [-0.3, -0.25) is 14.6 Å². The first-order valence-corrected chi connectivity index (χ1v) is 12.3. The monoisotopic (exact) mass is 517 g/mol. The molecule has 1 aromatic carbocycles. The number of nitrogens with zero attached hydrogens (tertiary/aromatic N) is 4. The minimum absolute atomic E-state index is 0.0162. The van der Waals surface area contributed by atoms with Gasteiger partial charge in [0, 0.05) is 36.5 Å². The Labute approximate surface area is 220 Å². The normalized spacial score (nSPS) is 15.1. The van der Waals surface area contributed by atoms with E-state index in [0.29, 0.717) is 42.9 Å². The number of benzene rings is 1. The Hall–Kier alpha value is -4.54. The standard InChI is InChI=1S/C27H31N7O4/c1-27(2,3)38-26(37)34-12-10-20(16-34)32-25(36)22-23(28)30-15-21(33-22)17-7-6-8-18(13-17)24(35)31-14-19-9-4-5-11-29-19/h4-9,11,13,15,20H,10,12,14,16H2,1-3H3,(H2,28,30)(H,31,35)(H,32,36)/t20-/m0/s1. The highest BCUT2D eigenvalue weighted by Crippen LogP contribution is 2.21. The smallest absolute Gasteiger partial charge is 0.410 e. The van der Waals surface area contributed by atoms with Crippen molar-refractivity contribution in [2.24, 2.45) is 0 Å². The van der Waals surface area contributed by atoms with Gasteiger partial charge in [-0.25, -0.2) is 14.8 Å². The van der Waals surface area contributed by atoms with Gasteiger partial charge < -0.3 is 26.0 Å². The molecule has 3 amide bonds. The Kier molecular flexibility index (Phi) is 7.85. The number of nitrogens with two attached hydrogens (primary N) is 1. The fourth-order valence-electron chi connectivity index (χ4n) is 3.92. The zero-order valence-corrected chi connectivity index (χ0v) is 21.6. The van der Waals surface area contributed by atoms with Crippen LogP contribution >= 0.6 is 0 Å². The lowest BCUT2D eigenvalue weighted by Crippen LogP contribution is -2.40. The summed E-state index contributed by atoms with van der Waals surface area (Å²) in [5.41, 5.74) is 7.52. The number of nitrogens with one attached hydrogen (secondary N) is 2. The molecule has 2 aromatic heterocycles. The fourth-order valence-corrected chi connectivity index (χ4v) is 3.92. The van der Waals surface area contributed by atoms with E-state index in [2.05, 4.69) is 25.6 Å². The van der Waals surface area contributed by atoms with E-state index in [1.807, 2.05) is 18.2 Å². The highest BCUT2D eigenvalue weighted by molar-refractivity contribution is 5.97. The summed E-state index contributed by atoms with van der Waals surface area (Å²) in [4.78, 5) is 52.4. The zero-order valence-electron chi connectivity index (χ0n) is 21.6. The van der Waals surface area contributed by atoms with E-state index in [1.54, 1.807) is 56.1 Å². The number of anilines is 1. The molecule has 38 heavy (non-hydrogen) atoms. The van der Waals surface area contributed by atoms with Crippen LogP contribution in [0, 0.1) is 0 Å². The molecule has 0 saturated carbocycles. The van der Waals surface area contributed by atoms with Crippen molar-refractivity contribution in [3.8, 4) is 11.3 Å². The third-order valence-corrected chi connectivity index (χ3v) is 5.77. The maximum atomic E-state index is 13.0. The minimum atomic E-state index is -0.597. The van der Waals surface area contributed by atoms with Gasteiger partial charge in [0.05, 0.1) is 24.1 Å². The van der Waals surface area contributed by atoms with Crippen LogP contribution in [0.2, 0.25) is 0 Å². The third-order valence-electron chi connectivity index (χ3n) is 5.77. The van der Waals surface area contributed by atoms with Crippen LogP contribution in [-0.4, -0.2) is 62.5 Å². The Bertz CT molecular complexity index is 1320. The number of nitrogen functional groups attached to an aromatic ring is 1. The maximum Gasteiger partial charge on any atom is 0.410 e. The lowest BCUT2D eigenvalue weighted by Gasteiger charge is -2.24. The summed E-state index contributed by atoms with van der Waals surface area (Å²) in [5.74, 6) is -0.774. The van der Waals surface area contributed by atoms with Gasteiger partial charge in [0.25, 0.3) is 11.8 Å². The van der Waals surface area contributed by atoms with Crippen molar-refractivity contribution < 1.29 is 19.1 Å². The molecule has 1 saturated heterocycles. The summed E-state index contributed by atoms with van der Waals surface area (Å²) in [6, 6.07) is 12.1. The van der Waals surface area contributed by atoms with Crippen molar-refractivity contribution in [1.82, 2.24) is 30.5 Å². The number of pyridine rings is 1. The zero-order chi connectivity index (χ0) is 27.3. The van der Waals surface area contributed by atoms with Gasteiger partial charge in [-0.05, 0) is 51.5 Å². The van der Waals surface area contributed by atoms with Gasteiger partial charge in [0.15, 0.2) is 11.5 Å². The number of aromatic nitrogens is 3. The van der Waals surface area contributed by atoms with Crippen LogP contribution in [0.1, 0.15) is 53.7 Å². The van der Waals surface area contributed by atoms with Crippen LogP contribution in [0.3, 0.4) is 0 Å². The molecule has 4 rings (SSSR count). The first-order valence-electron chi connectivity index (χ1n) is 12.3. The van der Waals surface area contributed by atoms with Crippen LogP contribution < -0.4 is 16.4 Å². The molecule has 1 aliphatic heterocycles. The number of ether oxygens (including phenoxy) is 1. The molecule has 11 heteroatoms. The molecule has 0 bridgehead atoms. The molecule has 0 radical (unpaired) electrons. The van der Waals surface area contributed by atoms with E-state index >= 15 is 0 Å². The molecule has 198 valence electrons. The highest BCUT2D eigenvalue weighted by atomic mass is 16.6. The quantitative estimate of drug-likeness (QED) is 0.451. The summed E-state index contributed by atoms with van der Waals surface area (Å²) < 4.78 is 5.41. The SMILES string of the molecule is CC(C)(C)OC(=O)N1CC[C@H](NC(=O)c2nc(-c3cccc(C(=O)NCc4ccccn4)c3)cnc2N)C1. The molecule has 1 fully saturated rings. The maximum absolute atomic E-state index is 13.0. The average Bonchev–Trinajstić information content (AvgIpc) is 3.36. The number of hydrogen-bond donors (Lipinski definition) is 3. The van der Waals surface area contributed by atoms with Crippen LogP contribution in [0.25, 0.3) is 11.3 Å². The summed E-state index contributed by atoms with van der Waals surface area (Å²) in [5, 5.41) is 5.72. The molecule has 0 spiro atoms. The van der Waals surface area contributed by atoms with E-state index in [1.165, 1.54) is 6.20 Å². The molecule has 4 N–H and O–H groups in total. The van der Waals surface area contributed by atoms with Crippen LogP contribution in [0.5, 0.6) is 0 Å². The molecule has 0 unspecified atom stereocenters. The molecule has 3 aromatic rings. The van der Waals surface area contributed by atoms with E-state index in [9.17, 15) is 14.4 Å². The van der Waals surface area contributed by atoms with E-state index in [4.69, 9.17) is 10.5 Å². The number of likely N-dealkylation sites (tertiary alicyclic amines) is 1. The van der Waals surface area contributed by atoms with Crippen molar-refractivity contribution in [2.45, 2.75) is 45.4 Å². The molecular weight excluding hydrogens is 486 g/mol. The van der Waals surface area contributed by atoms with Crippen molar-refractivity contribution in [3.05, 3.63) is 71.8 Å². The summed E-state index contributed by atoms with van der Waals surface area (Å²) >= 11 is 0. The predicted octanol–water partition coefficient (Wildman–Crippen LogP) is 2.79. The van der Waals surface area contributed by atoms with Gasteiger partial charge in [-0.2, -0.15) is 0 Å². The Morgan fingerprint density at radius 3 is 2.66 bits per heavy atom. The van der Waals surface area contributed by atoms with Crippen molar-refractivity contribution >= 4 is 23.7 Å². The largest absolute Gasteiger partial charge is 0.444 e. The van der Waals surface area contributed by atoms with Crippen molar-refractivity contribution in [2.75, 3.05) is 18.8 Å². The molecule has 1 atom stereocenters. The van der Waals surface area contributed by atoms with Crippen molar-refractivity contribution in [1.29, 1.82) is 0 Å². The van der Waals surface area contributed by atoms with E-state index < -0.39 is 17.6 Å². The van der Waals surface area contributed by atoms with Crippen molar-refractivity contribution in [3.63, 3.8) is 0 Å². The lowest BCUT2D eigenvalue weighted by atomic mass is 10.1. The van der Waals surface area contributed by atoms with Gasteiger partial charge in [-0.15, -0.1) is 0 Å². The van der Waals surface area contributed by atoms with Gasteiger partial charge in [0.2, 0.25) is 0 Å². The van der Waals surface area contributed by atoms with Crippen LogP contribution in [-0.2, 0) is 11.3 Å². The molecule has 3 heterocycles. The minimum Gasteiger partial charge on any atom is -0.444 e. The fraction of sp³-hybridized carbons (Fsp3) is 0.333. The second-order valence-corrected chi connectivity index (χ2v) is 9.96. The molecule has 0 aliphatic carbocycles. The first kappa shape index (κ1) is 26.5. The number of amides is 3. The number of rotatable bonds is 6. The van der Waals surface area contributed by atoms with E-state index in [-0.39, 0.29) is 23.5 Å². The number of carbonyl (C=O) groups excluding carboxylic acids is 3. The molecule has 1 aliphatic rings. The summed E-state index contributed by atoms with van der Waals surface area (Å²) in [6.45, 7) is 6.50.